The molecule has 0 radical (unpaired) electrons. The van der Waals surface area contributed by atoms with Gasteiger partial charge >= 0.3 is 11.6 Å². The van der Waals surface area contributed by atoms with Crippen molar-refractivity contribution < 1.29 is 19.1 Å². The van der Waals surface area contributed by atoms with Crippen LogP contribution in [0.5, 0.6) is 0 Å². The molecule has 6 heteroatoms. The molecule has 0 spiro atoms. The Hall–Kier alpha value is -1.22. The highest BCUT2D eigenvalue weighted by atomic mass is 31.1. The van der Waals surface area contributed by atoms with Gasteiger partial charge < -0.3 is 4.74 Å². The van der Waals surface area contributed by atoms with Gasteiger partial charge in [-0.15, -0.1) is 0 Å². The third-order valence-corrected chi connectivity index (χ3v) is 2.64. The molecule has 2 unspecified atom stereocenters. The Bertz CT molecular complexity index is 338. The fourth-order valence-corrected chi connectivity index (χ4v) is 1.24. The van der Waals surface area contributed by atoms with E-state index in [4.69, 9.17) is 4.74 Å². The van der Waals surface area contributed by atoms with E-state index in [1.165, 1.54) is 6.92 Å². The van der Waals surface area contributed by atoms with Crippen LogP contribution >= 0.6 is 7.55 Å². The van der Waals surface area contributed by atoms with Crippen molar-refractivity contribution in [1.29, 1.82) is 0 Å². The summed E-state index contributed by atoms with van der Waals surface area (Å²) in [5.74, 6) is -0.973. The van der Waals surface area contributed by atoms with Crippen LogP contribution in [0.15, 0.2) is 0 Å². The molecule has 0 saturated heterocycles. The molecular formula is C11H19NO4P+. The second kappa shape index (κ2) is 7.17. The maximum Gasteiger partial charge on any atom is 0.417 e. The minimum absolute atomic E-state index is 0.179. The van der Waals surface area contributed by atoms with Crippen LogP contribution in [0.25, 0.3) is 0 Å². The van der Waals surface area contributed by atoms with Crippen LogP contribution in [0.4, 0.5) is 4.79 Å². The van der Waals surface area contributed by atoms with E-state index >= 15 is 0 Å². The maximum atomic E-state index is 11.6. The van der Waals surface area contributed by atoms with E-state index in [-0.39, 0.29) is 18.2 Å². The molecule has 1 N–H and O–H groups in total. The molecule has 0 saturated carbocycles. The third kappa shape index (κ3) is 6.17. The van der Waals surface area contributed by atoms with E-state index in [0.29, 0.717) is 0 Å². The number of esters is 1. The van der Waals surface area contributed by atoms with Crippen molar-refractivity contribution in [3.05, 3.63) is 0 Å². The summed E-state index contributed by atoms with van der Waals surface area (Å²) in [4.78, 5) is 34.2. The van der Waals surface area contributed by atoms with Crippen molar-refractivity contribution >= 4 is 31.2 Å². The summed E-state index contributed by atoms with van der Waals surface area (Å²) in [6.07, 6.45) is 3.57. The average Bonchev–Trinajstić information content (AvgIpc) is 2.21. The third-order valence-electron chi connectivity index (χ3n) is 1.82. The Balaban J connectivity index is 4.53. The van der Waals surface area contributed by atoms with E-state index in [9.17, 15) is 14.4 Å². The zero-order chi connectivity index (χ0) is 13.6. The van der Waals surface area contributed by atoms with E-state index in [1.54, 1.807) is 6.66 Å². The lowest BCUT2D eigenvalue weighted by Gasteiger charge is -2.13. The molecule has 0 aromatic heterocycles. The Labute approximate surface area is 102 Å². The topological polar surface area (TPSA) is 72.5 Å². The van der Waals surface area contributed by atoms with Crippen LogP contribution in [0.3, 0.4) is 0 Å². The normalized spacial score (nSPS) is 12.9. The van der Waals surface area contributed by atoms with Gasteiger partial charge in [0, 0.05) is 0 Å². The molecule has 0 aliphatic rings. The first-order valence-corrected chi connectivity index (χ1v) is 7.25. The molecule has 0 fully saturated rings. The van der Waals surface area contributed by atoms with Gasteiger partial charge in [-0.05, 0) is 12.8 Å². The standard InChI is InChI=1S/C11H18NO4P/c1-7(2)6-16-10(14)9(8(3)13)12-11(15)17(4)5/h7,9H,4,6H2,1-3,5H3/p+1. The summed E-state index contributed by atoms with van der Waals surface area (Å²) in [5, 5.41) is 2.34. The van der Waals surface area contributed by atoms with Crippen molar-refractivity contribution in [2.24, 2.45) is 5.92 Å². The monoisotopic (exact) mass is 260 g/mol. The molecule has 0 heterocycles. The van der Waals surface area contributed by atoms with Gasteiger partial charge in [0.05, 0.1) is 12.9 Å². The smallest absolute Gasteiger partial charge is 0.417 e. The van der Waals surface area contributed by atoms with Crippen molar-refractivity contribution in [2.45, 2.75) is 26.8 Å². The first-order valence-electron chi connectivity index (χ1n) is 5.27. The molecule has 0 rings (SSSR count). The van der Waals surface area contributed by atoms with E-state index < -0.39 is 25.3 Å². The summed E-state index contributed by atoms with van der Waals surface area (Å²) < 4.78 is 4.92. The second-order valence-electron chi connectivity index (χ2n) is 4.21. The van der Waals surface area contributed by atoms with Crippen LogP contribution in [-0.2, 0) is 14.3 Å². The number of hydrogen-bond acceptors (Lipinski definition) is 4. The minimum Gasteiger partial charge on any atom is -0.464 e. The van der Waals surface area contributed by atoms with E-state index in [0.717, 1.165) is 0 Å². The van der Waals surface area contributed by atoms with Crippen LogP contribution < -0.4 is 5.32 Å². The number of ether oxygens (including phenoxy) is 1. The zero-order valence-electron chi connectivity index (χ0n) is 10.6. The van der Waals surface area contributed by atoms with Gasteiger partial charge in [0.1, 0.15) is 6.66 Å². The molecule has 0 aliphatic heterocycles. The number of ketones is 1. The highest BCUT2D eigenvalue weighted by molar-refractivity contribution is 7.72. The number of nitrogens with one attached hydrogen (secondary N) is 1. The van der Waals surface area contributed by atoms with Gasteiger partial charge in [-0.1, -0.05) is 13.8 Å². The molecule has 0 bridgehead atoms. The largest absolute Gasteiger partial charge is 0.464 e. The Kier molecular flexibility index (Phi) is 6.66. The molecule has 17 heavy (non-hydrogen) atoms. The number of carbonyl (C=O) groups excluding carboxylic acids is 3. The van der Waals surface area contributed by atoms with Crippen LogP contribution in [0.1, 0.15) is 20.8 Å². The summed E-state index contributed by atoms with van der Waals surface area (Å²) >= 11 is 0. The maximum absolute atomic E-state index is 11.6. The minimum atomic E-state index is -1.21. The Morgan fingerprint density at radius 1 is 1.35 bits per heavy atom. The van der Waals surface area contributed by atoms with E-state index in [1.807, 2.05) is 13.8 Å². The highest BCUT2D eigenvalue weighted by Gasteiger charge is 2.30. The summed E-state index contributed by atoms with van der Waals surface area (Å²) in [6, 6.07) is -1.21. The number of carbonyl (C=O) groups is 3. The van der Waals surface area contributed by atoms with Crippen molar-refractivity contribution in [2.75, 3.05) is 13.3 Å². The lowest BCUT2D eigenvalue weighted by atomic mass is 10.2. The van der Waals surface area contributed by atoms with Gasteiger partial charge in [-0.2, -0.15) is 0 Å². The fourth-order valence-electron chi connectivity index (χ4n) is 0.892. The lowest BCUT2D eigenvalue weighted by molar-refractivity contribution is -0.149. The highest BCUT2D eigenvalue weighted by Crippen LogP contribution is 2.14. The number of rotatable bonds is 6. The van der Waals surface area contributed by atoms with E-state index in [2.05, 4.69) is 11.6 Å². The predicted molar refractivity (Wildman–Crippen MR) is 68.8 cm³/mol. The lowest BCUT2D eigenvalue weighted by Crippen LogP contribution is -2.45. The van der Waals surface area contributed by atoms with Crippen LogP contribution in [0, 0.1) is 5.92 Å². The first-order chi connectivity index (χ1) is 7.75. The summed E-state index contributed by atoms with van der Waals surface area (Å²) in [5.41, 5.74) is -0.387. The van der Waals surface area contributed by atoms with Gasteiger partial charge in [-0.25, -0.2) is 9.59 Å². The molecule has 2 atom stereocenters. The van der Waals surface area contributed by atoms with Crippen LogP contribution in [-0.4, -0.2) is 43.0 Å². The van der Waals surface area contributed by atoms with Gasteiger partial charge in [0.15, 0.2) is 19.4 Å². The molecule has 0 aliphatic carbocycles. The summed E-state index contributed by atoms with van der Waals surface area (Å²) in [6.45, 7) is 6.87. The SMILES string of the molecule is C=[P+](C)C(=O)NC(C(C)=O)C(=O)OCC(C)C. The molecule has 1 amide bonds. The molecule has 5 nitrogen and oxygen atoms in total. The van der Waals surface area contributed by atoms with Gasteiger partial charge in [-0.3, -0.25) is 10.1 Å². The quantitative estimate of drug-likeness (QED) is 0.445. The first kappa shape index (κ1) is 15.8. The van der Waals surface area contributed by atoms with Crippen LogP contribution in [0.2, 0.25) is 0 Å². The number of amides is 1. The van der Waals surface area contributed by atoms with Crippen molar-refractivity contribution in [3.63, 3.8) is 0 Å². The number of hydrogen-bond donors (Lipinski definition) is 1. The zero-order valence-corrected chi connectivity index (χ0v) is 11.5. The predicted octanol–water partition coefficient (Wildman–Crippen LogP) is 1.40. The molecule has 0 aromatic carbocycles. The summed E-state index contributed by atoms with van der Waals surface area (Å²) in [7, 11) is -1.13. The van der Waals surface area contributed by atoms with Crippen molar-refractivity contribution in [1.82, 2.24) is 5.32 Å². The van der Waals surface area contributed by atoms with Crippen molar-refractivity contribution in [3.8, 4) is 0 Å². The molecule has 0 aromatic rings. The van der Waals surface area contributed by atoms with Gasteiger partial charge in [0.25, 0.3) is 0 Å². The van der Waals surface area contributed by atoms with Gasteiger partial charge in [0.2, 0.25) is 0 Å². The molecular weight excluding hydrogens is 241 g/mol. The second-order valence-corrected chi connectivity index (χ2v) is 6.02. The molecule has 96 valence electrons. The number of Topliss-reactive ketones (excluding diaryl/α,β-unsaturated/α-hetero) is 1. The Morgan fingerprint density at radius 2 is 1.88 bits per heavy atom. The Morgan fingerprint density at radius 3 is 2.24 bits per heavy atom. The average molecular weight is 260 g/mol. The fraction of sp³-hybridized carbons (Fsp3) is 0.636.